The van der Waals surface area contributed by atoms with Crippen LogP contribution in [0.1, 0.15) is 57.2 Å². The third-order valence-corrected chi connectivity index (χ3v) is 63.5. The van der Waals surface area contributed by atoms with Gasteiger partial charge in [-0.25, -0.2) is 0 Å². The van der Waals surface area contributed by atoms with Crippen molar-refractivity contribution in [1.29, 1.82) is 0 Å². The van der Waals surface area contributed by atoms with Crippen molar-refractivity contribution >= 4 is 56.6 Å². The van der Waals surface area contributed by atoms with Gasteiger partial charge in [-0.15, -0.1) is 0 Å². The molecule has 0 nitrogen and oxygen atoms in total. The molecule has 8 rings (SSSR count). The molecule has 251 valence electrons. The molecule has 2 aliphatic rings. The predicted octanol–water partition coefficient (Wildman–Crippen LogP) is 14.2. The number of allylic oxidation sites excluding steroid dienone is 2. The molecule has 2 atom stereocenters. The van der Waals surface area contributed by atoms with Gasteiger partial charge in [0.1, 0.15) is 0 Å². The van der Waals surface area contributed by atoms with E-state index in [1.807, 2.05) is 0 Å². The summed E-state index contributed by atoms with van der Waals surface area (Å²) in [6.07, 6.45) is 4.98. The number of hydrogen-bond donors (Lipinski definition) is 0. The molecule has 0 spiro atoms. The van der Waals surface area contributed by atoms with E-state index in [0.717, 1.165) is 0 Å². The van der Waals surface area contributed by atoms with Crippen molar-refractivity contribution in [2.45, 2.75) is 48.0 Å². The summed E-state index contributed by atoms with van der Waals surface area (Å²) in [6, 6.07) is 44.8. The first-order valence-corrected chi connectivity index (χ1v) is 34.5. The Bertz CT molecular complexity index is 2220. The molecule has 0 aliphatic heterocycles. The number of halogens is 2. The summed E-state index contributed by atoms with van der Waals surface area (Å²) in [6.45, 7) is 14.3. The Hall–Kier alpha value is -3.00. The van der Waals surface area contributed by atoms with Crippen LogP contribution in [0.15, 0.2) is 132 Å². The van der Waals surface area contributed by atoms with Crippen molar-refractivity contribution in [2.24, 2.45) is 11.8 Å². The Morgan fingerprint density at radius 3 is 1.28 bits per heavy atom. The molecule has 0 N–H and O–H groups in total. The second-order valence-corrected chi connectivity index (χ2v) is 58.1. The summed E-state index contributed by atoms with van der Waals surface area (Å²) < 4.78 is 0.119. The van der Waals surface area contributed by atoms with Crippen LogP contribution in [-0.2, 0) is 15.6 Å². The Morgan fingerprint density at radius 2 is 0.900 bits per heavy atom. The Balaban J connectivity index is 1.34. The summed E-state index contributed by atoms with van der Waals surface area (Å²) in [5, 5.41) is 5.04. The van der Waals surface area contributed by atoms with Crippen molar-refractivity contribution in [1.82, 2.24) is 0 Å². The standard InChI is InChI=1S/2C22H19.C2H7Si.2ClH.Zr/c2*1-15(2)20-13-18-8-5-9-21(22(18)14-20)19-11-10-16-6-3-4-7-17(16)12-19;1-3-2;;;/h2*3-15H,1-2H3;3H,1-2H3;2*1H;/q;;;;;+2/p-2. The van der Waals surface area contributed by atoms with Gasteiger partial charge in [-0.05, 0) is 0 Å². The number of hydrogen-bond acceptors (Lipinski definition) is 0. The molecule has 0 radical (unpaired) electrons. The van der Waals surface area contributed by atoms with Crippen LogP contribution in [0.2, 0.25) is 13.1 Å². The van der Waals surface area contributed by atoms with Crippen LogP contribution in [0.5, 0.6) is 0 Å². The fourth-order valence-electron chi connectivity index (χ4n) is 9.13. The van der Waals surface area contributed by atoms with E-state index in [1.165, 1.54) is 77.2 Å². The summed E-state index contributed by atoms with van der Waals surface area (Å²) in [7, 11) is 17.6. The molecule has 2 unspecified atom stereocenters. The predicted molar refractivity (Wildman–Crippen MR) is 220 cm³/mol. The van der Waals surface area contributed by atoms with Crippen molar-refractivity contribution < 1.29 is 15.6 Å². The number of benzene rings is 6. The van der Waals surface area contributed by atoms with E-state index in [2.05, 4.69) is 174 Å². The minimum atomic E-state index is -4.93. The molecular weight excluding hydrogens is 743 g/mol. The van der Waals surface area contributed by atoms with Crippen LogP contribution in [0.4, 0.5) is 0 Å². The van der Waals surface area contributed by atoms with Crippen molar-refractivity contribution in [2.75, 3.05) is 0 Å². The zero-order chi connectivity index (χ0) is 35.0. The van der Waals surface area contributed by atoms with Gasteiger partial charge in [0.15, 0.2) is 0 Å². The van der Waals surface area contributed by atoms with E-state index in [-0.39, 0.29) is 7.25 Å². The average Bonchev–Trinajstić information content (AvgIpc) is 3.73. The van der Waals surface area contributed by atoms with E-state index < -0.39 is 21.5 Å². The molecule has 0 saturated heterocycles. The van der Waals surface area contributed by atoms with Gasteiger partial charge in [0.05, 0.1) is 0 Å². The average molecular weight is 788 g/mol. The van der Waals surface area contributed by atoms with Gasteiger partial charge in [-0.3, -0.25) is 0 Å². The minimum absolute atomic E-state index is 0.0595. The molecule has 0 aromatic heterocycles. The van der Waals surface area contributed by atoms with Gasteiger partial charge in [-0.1, -0.05) is 0 Å². The Kier molecular flexibility index (Phi) is 8.59. The van der Waals surface area contributed by atoms with E-state index in [1.54, 1.807) is 0 Å². The van der Waals surface area contributed by atoms with Crippen molar-refractivity contribution in [3.8, 4) is 22.3 Å². The van der Waals surface area contributed by atoms with Crippen LogP contribution in [0.25, 0.3) is 56.0 Å². The third kappa shape index (κ3) is 5.24. The third-order valence-electron chi connectivity index (χ3n) is 11.9. The maximum absolute atomic E-state index is 8.78. The SMILES string of the molecule is CC(C)C1=Cc2c(-c3ccc4ccccc4c3)cccc2[CH]1[Zr]([Cl])([Cl])([CH]1C(C(C)C)=Cc2c(-c3ccc4ccccc4c3)cccc21)[SiH](C)C. The second-order valence-electron chi connectivity index (χ2n) is 15.6. The normalized spacial score (nSPS) is 18.0. The fourth-order valence-corrected chi connectivity index (χ4v) is 40.6. The van der Waals surface area contributed by atoms with Crippen LogP contribution in [-0.4, -0.2) is 5.92 Å². The van der Waals surface area contributed by atoms with Crippen LogP contribution >= 0.6 is 17.0 Å². The maximum atomic E-state index is 8.78. The summed E-state index contributed by atoms with van der Waals surface area (Å²) >= 11 is -4.93. The second kappa shape index (κ2) is 12.6. The molecule has 2 aliphatic carbocycles. The van der Waals surface area contributed by atoms with Gasteiger partial charge in [0.2, 0.25) is 0 Å². The van der Waals surface area contributed by atoms with Gasteiger partial charge < -0.3 is 0 Å². The molecule has 50 heavy (non-hydrogen) atoms. The molecule has 0 fully saturated rings. The van der Waals surface area contributed by atoms with Crippen LogP contribution in [0.3, 0.4) is 0 Å². The summed E-state index contributed by atoms with van der Waals surface area (Å²) in [5.41, 5.74) is 13.2. The van der Waals surface area contributed by atoms with E-state index >= 15 is 0 Å². The van der Waals surface area contributed by atoms with Gasteiger partial charge in [-0.2, -0.15) is 0 Å². The monoisotopic (exact) mass is 785 g/mol. The van der Waals surface area contributed by atoms with E-state index in [0.29, 0.717) is 11.8 Å². The Morgan fingerprint density at radius 1 is 0.500 bits per heavy atom. The molecule has 0 bridgehead atoms. The van der Waals surface area contributed by atoms with E-state index in [9.17, 15) is 0 Å². The molecule has 0 saturated carbocycles. The van der Waals surface area contributed by atoms with Crippen molar-refractivity contribution in [3.63, 3.8) is 0 Å². The molecule has 6 aromatic carbocycles. The first-order valence-electron chi connectivity index (χ1n) is 18.2. The topological polar surface area (TPSA) is 0 Å². The molecule has 0 heterocycles. The summed E-state index contributed by atoms with van der Waals surface area (Å²) in [4.78, 5) is 0. The molecular formula is C46H45Cl2SiZr. The van der Waals surface area contributed by atoms with E-state index in [4.69, 9.17) is 17.0 Å². The zero-order valence-electron chi connectivity index (χ0n) is 29.8. The first-order chi connectivity index (χ1) is 24.0. The number of fused-ring (bicyclic) bond motifs is 4. The van der Waals surface area contributed by atoms with Gasteiger partial charge in [0, 0.05) is 0 Å². The fraction of sp³-hybridized carbons (Fsp3) is 0.217. The molecule has 0 amide bonds. The van der Waals surface area contributed by atoms with Gasteiger partial charge in [0.25, 0.3) is 0 Å². The summed E-state index contributed by atoms with van der Waals surface area (Å²) in [5.74, 6) is -1.04. The van der Waals surface area contributed by atoms with Gasteiger partial charge >= 0.3 is 309 Å². The molecule has 4 heteroatoms. The Labute approximate surface area is 306 Å². The van der Waals surface area contributed by atoms with Crippen LogP contribution < -0.4 is 0 Å². The van der Waals surface area contributed by atoms with Crippen LogP contribution in [0, 0.1) is 11.8 Å². The molecule has 6 aromatic rings. The zero-order valence-corrected chi connectivity index (χ0v) is 35.0. The quantitative estimate of drug-likeness (QED) is 0.141. The number of rotatable bonds is 7. The van der Waals surface area contributed by atoms with Crippen molar-refractivity contribution in [3.05, 3.63) is 155 Å². The first kappa shape index (κ1) is 34.1.